The molecule has 0 spiro atoms. The number of nitrogens with zero attached hydrogens (tertiary/aromatic N) is 2. The predicted molar refractivity (Wildman–Crippen MR) is 128 cm³/mol. The molecule has 0 aromatic heterocycles. The van der Waals surface area contributed by atoms with Gasteiger partial charge < -0.3 is 14.8 Å². The molecule has 0 bridgehead atoms. The summed E-state index contributed by atoms with van der Waals surface area (Å²) in [5.41, 5.74) is 1.71. The minimum atomic E-state index is -0.705. The van der Waals surface area contributed by atoms with E-state index in [9.17, 15) is 18.4 Å². The van der Waals surface area contributed by atoms with Gasteiger partial charge in [-0.2, -0.15) is 0 Å². The molecule has 1 N–H and O–H groups in total. The highest BCUT2D eigenvalue weighted by Gasteiger charge is 2.39. The molecule has 3 aromatic rings. The van der Waals surface area contributed by atoms with E-state index in [2.05, 4.69) is 10.3 Å². The lowest BCUT2D eigenvalue weighted by atomic mass is 10.1. The number of aliphatic imine (C=N–C) groups is 1. The highest BCUT2D eigenvalue weighted by Crippen LogP contribution is 2.36. The molecule has 10 heteroatoms. The monoisotopic (exact) mass is 495 g/mol. The molecule has 5 rings (SSSR count). The van der Waals surface area contributed by atoms with Gasteiger partial charge in [0.05, 0.1) is 12.2 Å². The molecule has 0 saturated carbocycles. The Bertz CT molecular complexity index is 1300. The molecule has 178 valence electrons. The van der Waals surface area contributed by atoms with E-state index in [1.54, 1.807) is 12.1 Å². The fourth-order valence-corrected chi connectivity index (χ4v) is 4.79. The van der Waals surface area contributed by atoms with Crippen molar-refractivity contribution < 1.29 is 27.8 Å². The summed E-state index contributed by atoms with van der Waals surface area (Å²) in [6, 6.07) is 16.4. The van der Waals surface area contributed by atoms with Crippen LogP contribution in [0.15, 0.2) is 71.7 Å². The molecule has 1 saturated heterocycles. The van der Waals surface area contributed by atoms with E-state index >= 15 is 0 Å². The minimum absolute atomic E-state index is 0.0963. The molecule has 35 heavy (non-hydrogen) atoms. The summed E-state index contributed by atoms with van der Waals surface area (Å²) in [6.45, 7) is 0.346. The average molecular weight is 496 g/mol. The van der Waals surface area contributed by atoms with Crippen molar-refractivity contribution in [2.45, 2.75) is 18.2 Å². The standard InChI is InChI=1S/C25H19F2N3O4S/c26-16-2-6-18(7-3-16)28-23(31)12-22-24(32)30(13-15-1-10-20-21(11-15)34-14-33-20)25(35-22)29-19-8-4-17(27)5-9-19/h1-11,22H,12-14H2,(H,28,31)/t22-/m0/s1. The van der Waals surface area contributed by atoms with Crippen LogP contribution >= 0.6 is 11.8 Å². The molecule has 2 heterocycles. The van der Waals surface area contributed by atoms with E-state index in [0.29, 0.717) is 28.0 Å². The third-order valence-electron chi connectivity index (χ3n) is 5.35. The molecule has 2 aliphatic heterocycles. The Kier molecular flexibility index (Phi) is 6.37. The topological polar surface area (TPSA) is 80.2 Å². The Morgan fingerprint density at radius 2 is 1.69 bits per heavy atom. The van der Waals surface area contributed by atoms with Gasteiger partial charge in [0.2, 0.25) is 18.6 Å². The van der Waals surface area contributed by atoms with Gasteiger partial charge in [-0.3, -0.25) is 14.5 Å². The Morgan fingerprint density at radius 3 is 2.43 bits per heavy atom. The maximum Gasteiger partial charge on any atom is 0.242 e. The van der Waals surface area contributed by atoms with Crippen LogP contribution < -0.4 is 14.8 Å². The van der Waals surface area contributed by atoms with Gasteiger partial charge >= 0.3 is 0 Å². The summed E-state index contributed by atoms with van der Waals surface area (Å²) in [4.78, 5) is 31.9. The molecule has 2 amide bonds. The van der Waals surface area contributed by atoms with E-state index in [0.717, 1.165) is 5.56 Å². The highest BCUT2D eigenvalue weighted by atomic mass is 32.2. The van der Waals surface area contributed by atoms with E-state index < -0.39 is 16.9 Å². The molecule has 1 atom stereocenters. The quantitative estimate of drug-likeness (QED) is 0.529. The van der Waals surface area contributed by atoms with Crippen LogP contribution in [0.5, 0.6) is 11.5 Å². The summed E-state index contributed by atoms with van der Waals surface area (Å²) >= 11 is 1.17. The lowest BCUT2D eigenvalue weighted by molar-refractivity contribution is -0.128. The van der Waals surface area contributed by atoms with E-state index in [4.69, 9.17) is 9.47 Å². The summed E-state index contributed by atoms with van der Waals surface area (Å²) in [7, 11) is 0. The Morgan fingerprint density at radius 1 is 1.00 bits per heavy atom. The van der Waals surface area contributed by atoms with Crippen LogP contribution in [0.25, 0.3) is 0 Å². The number of amides is 2. The number of nitrogens with one attached hydrogen (secondary N) is 1. The molecular weight excluding hydrogens is 476 g/mol. The first-order valence-corrected chi connectivity index (χ1v) is 11.6. The first-order chi connectivity index (χ1) is 16.9. The van der Waals surface area contributed by atoms with Crippen molar-refractivity contribution >= 4 is 40.1 Å². The maximum atomic E-state index is 13.3. The van der Waals surface area contributed by atoms with Gasteiger partial charge in [-0.1, -0.05) is 17.8 Å². The SMILES string of the molecule is O=C(C[C@@H]1SC(=Nc2ccc(F)cc2)N(Cc2ccc3c(c2)OCO3)C1=O)Nc1ccc(F)cc1. The Labute approximate surface area is 203 Å². The van der Waals surface area contributed by atoms with Crippen LogP contribution in [0.1, 0.15) is 12.0 Å². The number of anilines is 1. The Hall–Kier alpha value is -3.92. The lowest BCUT2D eigenvalue weighted by Crippen LogP contribution is -2.33. The molecule has 1 fully saturated rings. The normalized spacial score (nSPS) is 17.8. The molecule has 3 aromatic carbocycles. The number of hydrogen-bond acceptors (Lipinski definition) is 6. The van der Waals surface area contributed by atoms with Gasteiger partial charge in [0.25, 0.3) is 0 Å². The molecule has 0 aliphatic carbocycles. The highest BCUT2D eigenvalue weighted by molar-refractivity contribution is 8.15. The molecule has 7 nitrogen and oxygen atoms in total. The first-order valence-electron chi connectivity index (χ1n) is 10.7. The molecular formula is C25H19F2N3O4S. The van der Waals surface area contributed by atoms with E-state index in [1.165, 1.54) is 65.2 Å². The number of fused-ring (bicyclic) bond motifs is 1. The van der Waals surface area contributed by atoms with Crippen LogP contribution in [0.4, 0.5) is 20.2 Å². The number of halogens is 2. The second-order valence-corrected chi connectivity index (χ2v) is 9.02. The van der Waals surface area contributed by atoms with Gasteiger partial charge in [-0.05, 0) is 66.2 Å². The number of amidine groups is 1. The van der Waals surface area contributed by atoms with Crippen LogP contribution in [0.2, 0.25) is 0 Å². The fraction of sp³-hybridized carbons (Fsp3) is 0.160. The Balaban J connectivity index is 1.36. The van der Waals surface area contributed by atoms with Gasteiger partial charge in [0.1, 0.15) is 16.9 Å². The maximum absolute atomic E-state index is 13.3. The number of hydrogen-bond donors (Lipinski definition) is 1. The zero-order valence-corrected chi connectivity index (χ0v) is 19.1. The van der Waals surface area contributed by atoms with Crippen molar-refractivity contribution in [2.75, 3.05) is 12.1 Å². The van der Waals surface area contributed by atoms with Gasteiger partial charge in [0.15, 0.2) is 16.7 Å². The zero-order chi connectivity index (χ0) is 24.4. The summed E-state index contributed by atoms with van der Waals surface area (Å²) in [5, 5.41) is 2.38. The number of rotatable bonds is 6. The summed E-state index contributed by atoms with van der Waals surface area (Å²) in [5.74, 6) is -0.237. The second kappa shape index (κ2) is 9.75. The van der Waals surface area contributed by atoms with Crippen LogP contribution in [-0.4, -0.2) is 33.9 Å². The van der Waals surface area contributed by atoms with Crippen LogP contribution in [0.3, 0.4) is 0 Å². The third-order valence-corrected chi connectivity index (χ3v) is 6.52. The fourth-order valence-electron chi connectivity index (χ4n) is 3.63. The first kappa shape index (κ1) is 22.9. The van der Waals surface area contributed by atoms with Crippen LogP contribution in [-0.2, 0) is 16.1 Å². The number of ether oxygens (including phenoxy) is 2. The largest absolute Gasteiger partial charge is 0.454 e. The van der Waals surface area contributed by atoms with Crippen molar-refractivity contribution in [2.24, 2.45) is 4.99 Å². The number of benzene rings is 3. The summed E-state index contributed by atoms with van der Waals surface area (Å²) < 4.78 is 37.2. The van der Waals surface area contributed by atoms with E-state index in [-0.39, 0.29) is 31.6 Å². The van der Waals surface area contributed by atoms with Gasteiger partial charge in [0, 0.05) is 12.1 Å². The zero-order valence-electron chi connectivity index (χ0n) is 18.2. The van der Waals surface area contributed by atoms with Gasteiger partial charge in [-0.15, -0.1) is 0 Å². The number of carbonyl (C=O) groups excluding carboxylic acids is 2. The van der Waals surface area contributed by atoms with Crippen LogP contribution in [0, 0.1) is 11.6 Å². The third kappa shape index (κ3) is 5.27. The van der Waals surface area contributed by atoms with Crippen molar-refractivity contribution in [3.8, 4) is 11.5 Å². The molecule has 0 unspecified atom stereocenters. The van der Waals surface area contributed by atoms with Crippen molar-refractivity contribution in [1.82, 2.24) is 4.90 Å². The number of carbonyl (C=O) groups is 2. The summed E-state index contributed by atoms with van der Waals surface area (Å²) in [6.07, 6.45) is -0.0963. The minimum Gasteiger partial charge on any atom is -0.454 e. The average Bonchev–Trinajstić information content (AvgIpc) is 3.42. The van der Waals surface area contributed by atoms with Crippen molar-refractivity contribution in [3.63, 3.8) is 0 Å². The van der Waals surface area contributed by atoms with E-state index in [1.807, 2.05) is 6.07 Å². The predicted octanol–water partition coefficient (Wildman–Crippen LogP) is 4.85. The number of thioether (sulfide) groups is 1. The second-order valence-electron chi connectivity index (χ2n) is 7.85. The smallest absolute Gasteiger partial charge is 0.242 e. The van der Waals surface area contributed by atoms with Crippen molar-refractivity contribution in [3.05, 3.63) is 83.9 Å². The molecule has 2 aliphatic rings. The lowest BCUT2D eigenvalue weighted by Gasteiger charge is -2.17. The van der Waals surface area contributed by atoms with Crippen molar-refractivity contribution in [1.29, 1.82) is 0 Å². The molecule has 0 radical (unpaired) electrons. The van der Waals surface area contributed by atoms with Gasteiger partial charge in [-0.25, -0.2) is 13.8 Å².